The average molecular weight is 320 g/mol. The first kappa shape index (κ1) is 16.0. The monoisotopic (exact) mass is 320 g/mol. The van der Waals surface area contributed by atoms with E-state index < -0.39 is 10.0 Å². The molecule has 0 saturated carbocycles. The van der Waals surface area contributed by atoms with Crippen molar-refractivity contribution in [2.75, 3.05) is 19.5 Å². The number of nitrogens with one attached hydrogen (secondary N) is 2. The summed E-state index contributed by atoms with van der Waals surface area (Å²) in [6, 6.07) is 12.6. The van der Waals surface area contributed by atoms with Crippen LogP contribution in [-0.4, -0.2) is 28.5 Å². The van der Waals surface area contributed by atoms with Gasteiger partial charge < -0.3 is 10.1 Å². The number of rotatable bonds is 5. The molecule has 0 aromatic heterocycles. The Kier molecular flexibility index (Phi) is 4.79. The van der Waals surface area contributed by atoms with Crippen LogP contribution in [0.15, 0.2) is 53.4 Å². The Morgan fingerprint density at radius 1 is 1.00 bits per heavy atom. The van der Waals surface area contributed by atoms with Gasteiger partial charge in [0.15, 0.2) is 0 Å². The van der Waals surface area contributed by atoms with Crippen molar-refractivity contribution in [3.63, 3.8) is 0 Å². The summed E-state index contributed by atoms with van der Waals surface area (Å²) in [6.45, 7) is 0. The highest BCUT2D eigenvalue weighted by Gasteiger charge is 2.12. The van der Waals surface area contributed by atoms with Crippen LogP contribution in [0.2, 0.25) is 0 Å². The lowest BCUT2D eigenvalue weighted by molar-refractivity contribution is 0.102. The third kappa shape index (κ3) is 3.63. The fraction of sp³-hybridized carbons (Fsp3) is 0.133. The van der Waals surface area contributed by atoms with Gasteiger partial charge in [0.05, 0.1) is 12.0 Å². The standard InChI is InChI=1S/C15H16N2O4S/c1-16-22(19,20)14-9-3-11(4-10-14)15(18)17-12-5-7-13(21-2)8-6-12/h3-10,16H,1-2H3,(H,17,18). The van der Waals surface area contributed by atoms with E-state index in [4.69, 9.17) is 4.74 Å². The number of anilines is 1. The number of hydrogen-bond donors (Lipinski definition) is 2. The lowest BCUT2D eigenvalue weighted by Crippen LogP contribution is -2.19. The van der Waals surface area contributed by atoms with Gasteiger partial charge in [-0.25, -0.2) is 13.1 Å². The number of hydrogen-bond acceptors (Lipinski definition) is 4. The van der Waals surface area contributed by atoms with Gasteiger partial charge in [0.2, 0.25) is 10.0 Å². The van der Waals surface area contributed by atoms with Crippen LogP contribution in [0.1, 0.15) is 10.4 Å². The highest BCUT2D eigenvalue weighted by Crippen LogP contribution is 2.16. The van der Waals surface area contributed by atoms with Crippen LogP contribution in [0, 0.1) is 0 Å². The molecule has 2 N–H and O–H groups in total. The van der Waals surface area contributed by atoms with Crippen LogP contribution >= 0.6 is 0 Å². The van der Waals surface area contributed by atoms with Crippen molar-refractivity contribution in [1.29, 1.82) is 0 Å². The maximum absolute atomic E-state index is 12.1. The molecule has 0 fully saturated rings. The Labute approximate surface area is 129 Å². The second kappa shape index (κ2) is 6.59. The molecule has 0 bridgehead atoms. The molecule has 22 heavy (non-hydrogen) atoms. The third-order valence-corrected chi connectivity index (χ3v) is 4.47. The van der Waals surface area contributed by atoms with E-state index in [0.717, 1.165) is 0 Å². The lowest BCUT2D eigenvalue weighted by Gasteiger charge is -2.07. The number of methoxy groups -OCH3 is 1. The van der Waals surface area contributed by atoms with Crippen molar-refractivity contribution < 1.29 is 17.9 Å². The maximum Gasteiger partial charge on any atom is 0.255 e. The molecule has 1 amide bonds. The van der Waals surface area contributed by atoms with E-state index in [0.29, 0.717) is 17.0 Å². The molecule has 0 atom stereocenters. The Morgan fingerprint density at radius 2 is 1.59 bits per heavy atom. The molecule has 2 rings (SSSR count). The minimum absolute atomic E-state index is 0.107. The van der Waals surface area contributed by atoms with Gasteiger partial charge in [-0.1, -0.05) is 0 Å². The van der Waals surface area contributed by atoms with Gasteiger partial charge in [-0.2, -0.15) is 0 Å². The molecule has 116 valence electrons. The van der Waals surface area contributed by atoms with Gasteiger partial charge in [-0.3, -0.25) is 4.79 Å². The summed E-state index contributed by atoms with van der Waals surface area (Å²) in [4.78, 5) is 12.2. The molecule has 6 nitrogen and oxygen atoms in total. The van der Waals surface area contributed by atoms with Crippen molar-refractivity contribution >= 4 is 21.6 Å². The fourth-order valence-corrected chi connectivity index (χ4v) is 2.51. The lowest BCUT2D eigenvalue weighted by atomic mass is 10.2. The van der Waals surface area contributed by atoms with E-state index >= 15 is 0 Å². The number of sulfonamides is 1. The Balaban J connectivity index is 2.12. The molecular formula is C15H16N2O4S. The molecule has 0 aliphatic rings. The van der Waals surface area contributed by atoms with E-state index in [1.54, 1.807) is 31.4 Å². The van der Waals surface area contributed by atoms with Crippen molar-refractivity contribution in [3.05, 3.63) is 54.1 Å². The number of ether oxygens (including phenoxy) is 1. The van der Waals surface area contributed by atoms with E-state index in [-0.39, 0.29) is 10.8 Å². The molecule has 0 radical (unpaired) electrons. The van der Waals surface area contributed by atoms with Crippen molar-refractivity contribution in [2.45, 2.75) is 4.90 Å². The third-order valence-electron chi connectivity index (χ3n) is 3.04. The van der Waals surface area contributed by atoms with Crippen molar-refractivity contribution in [1.82, 2.24) is 4.72 Å². The molecule has 2 aromatic rings. The molecule has 0 saturated heterocycles. The maximum atomic E-state index is 12.1. The van der Waals surface area contributed by atoms with Gasteiger partial charge in [0.25, 0.3) is 5.91 Å². The second-order valence-electron chi connectivity index (χ2n) is 4.41. The summed E-state index contributed by atoms with van der Waals surface area (Å²) in [5, 5.41) is 2.72. The second-order valence-corrected chi connectivity index (χ2v) is 6.30. The molecule has 2 aromatic carbocycles. The van der Waals surface area contributed by atoms with Crippen LogP contribution in [0.3, 0.4) is 0 Å². The average Bonchev–Trinajstić information content (AvgIpc) is 2.55. The van der Waals surface area contributed by atoms with Crippen molar-refractivity contribution in [2.24, 2.45) is 0 Å². The number of carbonyl (C=O) groups is 1. The van der Waals surface area contributed by atoms with E-state index in [2.05, 4.69) is 10.0 Å². The zero-order chi connectivity index (χ0) is 16.2. The normalized spacial score (nSPS) is 11.0. The van der Waals surface area contributed by atoms with E-state index in [9.17, 15) is 13.2 Å². The summed E-state index contributed by atoms with van der Waals surface area (Å²) < 4.78 is 30.5. The first-order valence-electron chi connectivity index (χ1n) is 6.45. The first-order chi connectivity index (χ1) is 10.5. The minimum atomic E-state index is -3.50. The Morgan fingerprint density at radius 3 is 2.09 bits per heavy atom. The largest absolute Gasteiger partial charge is 0.497 e. The van der Waals surface area contributed by atoms with E-state index in [1.807, 2.05) is 0 Å². The van der Waals surface area contributed by atoms with Crippen LogP contribution < -0.4 is 14.8 Å². The Bertz CT molecular complexity index is 753. The molecule has 0 aliphatic carbocycles. The molecule has 0 heterocycles. The number of carbonyl (C=O) groups excluding carboxylic acids is 1. The van der Waals surface area contributed by atoms with Crippen molar-refractivity contribution in [3.8, 4) is 5.75 Å². The highest BCUT2D eigenvalue weighted by atomic mass is 32.2. The van der Waals surface area contributed by atoms with Gasteiger partial charge in [0, 0.05) is 11.3 Å². The smallest absolute Gasteiger partial charge is 0.255 e. The summed E-state index contributed by atoms with van der Waals surface area (Å²) in [5.41, 5.74) is 0.989. The zero-order valence-electron chi connectivity index (χ0n) is 12.2. The SMILES string of the molecule is CNS(=O)(=O)c1ccc(C(=O)Nc2ccc(OC)cc2)cc1. The number of benzene rings is 2. The van der Waals surface area contributed by atoms with Crippen LogP contribution in [0.25, 0.3) is 0 Å². The predicted octanol–water partition coefficient (Wildman–Crippen LogP) is 1.86. The summed E-state index contributed by atoms with van der Waals surface area (Å²) in [6.07, 6.45) is 0. The summed E-state index contributed by atoms with van der Waals surface area (Å²) >= 11 is 0. The molecular weight excluding hydrogens is 304 g/mol. The fourth-order valence-electron chi connectivity index (χ4n) is 1.78. The quantitative estimate of drug-likeness (QED) is 0.880. The zero-order valence-corrected chi connectivity index (χ0v) is 13.0. The summed E-state index contributed by atoms with van der Waals surface area (Å²) in [7, 11) is -0.606. The summed E-state index contributed by atoms with van der Waals surface area (Å²) in [5.74, 6) is 0.373. The van der Waals surface area contributed by atoms with Crippen LogP contribution in [-0.2, 0) is 10.0 Å². The molecule has 0 spiro atoms. The Hall–Kier alpha value is -2.38. The molecule has 0 aliphatic heterocycles. The van der Waals surface area contributed by atoms with Gasteiger partial charge >= 0.3 is 0 Å². The van der Waals surface area contributed by atoms with Crippen LogP contribution in [0.4, 0.5) is 5.69 Å². The van der Waals surface area contributed by atoms with Gasteiger partial charge in [-0.05, 0) is 55.6 Å². The molecule has 0 unspecified atom stereocenters. The first-order valence-corrected chi connectivity index (χ1v) is 7.93. The molecule has 7 heteroatoms. The highest BCUT2D eigenvalue weighted by molar-refractivity contribution is 7.89. The van der Waals surface area contributed by atoms with E-state index in [1.165, 1.54) is 31.3 Å². The predicted molar refractivity (Wildman–Crippen MR) is 83.6 cm³/mol. The minimum Gasteiger partial charge on any atom is -0.497 e. The van der Waals surface area contributed by atoms with Crippen LogP contribution in [0.5, 0.6) is 5.75 Å². The number of amides is 1. The van der Waals surface area contributed by atoms with Gasteiger partial charge in [0.1, 0.15) is 5.75 Å². The van der Waals surface area contributed by atoms with Gasteiger partial charge in [-0.15, -0.1) is 0 Å². The topological polar surface area (TPSA) is 84.5 Å².